The summed E-state index contributed by atoms with van der Waals surface area (Å²) >= 11 is 0. The maximum atomic E-state index is 6.43. The van der Waals surface area contributed by atoms with Crippen molar-refractivity contribution in [3.05, 3.63) is 253 Å². The molecule has 0 aliphatic heterocycles. The largest absolute Gasteiger partial charge is 0.455 e. The Hall–Kier alpha value is -7.74. The van der Waals surface area contributed by atoms with E-state index in [2.05, 4.69) is 224 Å². The quantitative estimate of drug-likeness (QED) is 0.140. The summed E-state index contributed by atoms with van der Waals surface area (Å²) in [6, 6.07) is 85.7. The number of furan rings is 1. The Morgan fingerprint density at radius 3 is 1.40 bits per heavy atom. The molecular weight excluding hydrogens is 725 g/mol. The van der Waals surface area contributed by atoms with Crippen molar-refractivity contribution in [2.24, 2.45) is 0 Å². The Morgan fingerprint density at radius 2 is 0.733 bits per heavy atom. The Morgan fingerprint density at radius 1 is 0.267 bits per heavy atom. The van der Waals surface area contributed by atoms with Crippen molar-refractivity contribution in [3.8, 4) is 55.6 Å². The van der Waals surface area contributed by atoms with Gasteiger partial charge in [-0.2, -0.15) is 0 Å². The van der Waals surface area contributed by atoms with Crippen molar-refractivity contribution < 1.29 is 4.42 Å². The molecule has 0 aliphatic rings. The van der Waals surface area contributed by atoms with Crippen molar-refractivity contribution in [2.75, 3.05) is 0 Å². The fourth-order valence-electron chi connectivity index (χ4n) is 9.06. The standard InChI is InChI=1S/C59H40O/c1-3-13-40(14-4-1)41-25-27-42(28-26-41)43-29-33-46(34-30-43)58(55-38-37-50(45-15-5-2-6-16-45)52-19-7-8-20-53(52)55)47-35-31-44(32-36-47)48-17-11-18-49(39-48)51-22-12-23-56-54-21-9-10-24-57(54)60-59(51)56/h1-39,58H. The molecular formula is C59H40O. The van der Waals surface area contributed by atoms with E-state index < -0.39 is 0 Å². The van der Waals surface area contributed by atoms with Gasteiger partial charge in [0.15, 0.2) is 0 Å². The molecule has 0 aliphatic carbocycles. The lowest BCUT2D eigenvalue weighted by Gasteiger charge is -2.23. The second kappa shape index (κ2) is 15.2. The molecule has 1 unspecified atom stereocenters. The first-order valence-electron chi connectivity index (χ1n) is 20.7. The summed E-state index contributed by atoms with van der Waals surface area (Å²) in [5.74, 6) is 0.0142. The minimum atomic E-state index is 0.0142. The van der Waals surface area contributed by atoms with Gasteiger partial charge in [0, 0.05) is 22.3 Å². The van der Waals surface area contributed by atoms with Crippen LogP contribution in [0.25, 0.3) is 88.3 Å². The molecule has 1 heterocycles. The van der Waals surface area contributed by atoms with E-state index in [1.165, 1.54) is 72.0 Å². The van der Waals surface area contributed by atoms with E-state index in [1.54, 1.807) is 0 Å². The average molecular weight is 765 g/mol. The molecule has 1 heteroatoms. The number of hydrogen-bond donors (Lipinski definition) is 0. The lowest BCUT2D eigenvalue weighted by Crippen LogP contribution is -2.05. The van der Waals surface area contributed by atoms with Gasteiger partial charge in [0.2, 0.25) is 0 Å². The lowest BCUT2D eigenvalue weighted by atomic mass is 9.80. The molecule has 0 amide bonds. The predicted octanol–water partition coefficient (Wildman–Crippen LogP) is 16.3. The van der Waals surface area contributed by atoms with Gasteiger partial charge in [-0.25, -0.2) is 0 Å². The zero-order valence-electron chi connectivity index (χ0n) is 33.0. The van der Waals surface area contributed by atoms with E-state index in [9.17, 15) is 0 Å². The van der Waals surface area contributed by atoms with Gasteiger partial charge in [0.05, 0.1) is 0 Å². The van der Waals surface area contributed by atoms with Crippen molar-refractivity contribution >= 4 is 32.7 Å². The molecule has 282 valence electrons. The topological polar surface area (TPSA) is 13.1 Å². The number of fused-ring (bicyclic) bond motifs is 4. The van der Waals surface area contributed by atoms with Gasteiger partial charge in [0.25, 0.3) is 0 Å². The van der Waals surface area contributed by atoms with E-state index in [-0.39, 0.29) is 5.92 Å². The van der Waals surface area contributed by atoms with Crippen molar-refractivity contribution in [1.29, 1.82) is 0 Å². The fraction of sp³-hybridized carbons (Fsp3) is 0.0169. The van der Waals surface area contributed by atoms with Crippen LogP contribution in [0.3, 0.4) is 0 Å². The summed E-state index contributed by atoms with van der Waals surface area (Å²) in [6.07, 6.45) is 0. The third-order valence-corrected chi connectivity index (χ3v) is 12.1. The number of para-hydroxylation sites is 2. The SMILES string of the molecule is c1ccc(-c2ccc(-c3ccc(C(c4ccc(-c5cccc(-c6cccc7c6oc6ccccc67)c5)cc4)c4ccc(-c5ccccc5)c5ccccc45)cc3)cc2)cc1. The zero-order valence-corrected chi connectivity index (χ0v) is 33.0. The Balaban J connectivity index is 0.983. The summed E-state index contributed by atoms with van der Waals surface area (Å²) < 4.78 is 6.43. The second-order valence-electron chi connectivity index (χ2n) is 15.6. The smallest absolute Gasteiger partial charge is 0.143 e. The van der Waals surface area contributed by atoms with Crippen LogP contribution in [0.4, 0.5) is 0 Å². The molecule has 0 spiro atoms. The van der Waals surface area contributed by atoms with Gasteiger partial charge in [-0.3, -0.25) is 0 Å². The number of benzene rings is 10. The molecule has 10 aromatic carbocycles. The molecule has 60 heavy (non-hydrogen) atoms. The molecule has 0 N–H and O–H groups in total. The summed E-state index contributed by atoms with van der Waals surface area (Å²) in [4.78, 5) is 0. The van der Waals surface area contributed by atoms with Gasteiger partial charge in [-0.15, -0.1) is 0 Å². The minimum Gasteiger partial charge on any atom is -0.455 e. The number of rotatable bonds is 8. The summed E-state index contributed by atoms with van der Waals surface area (Å²) in [6.45, 7) is 0. The van der Waals surface area contributed by atoms with Crippen LogP contribution in [0.2, 0.25) is 0 Å². The summed E-state index contributed by atoms with van der Waals surface area (Å²) in [7, 11) is 0. The molecule has 0 saturated carbocycles. The highest BCUT2D eigenvalue weighted by Gasteiger charge is 2.21. The molecule has 0 bridgehead atoms. The molecule has 11 aromatic rings. The van der Waals surface area contributed by atoms with Crippen molar-refractivity contribution in [3.63, 3.8) is 0 Å². The van der Waals surface area contributed by atoms with Crippen LogP contribution in [0.5, 0.6) is 0 Å². The molecule has 1 atom stereocenters. The van der Waals surface area contributed by atoms with Gasteiger partial charge >= 0.3 is 0 Å². The van der Waals surface area contributed by atoms with Crippen LogP contribution in [-0.4, -0.2) is 0 Å². The highest BCUT2D eigenvalue weighted by molar-refractivity contribution is 6.09. The molecule has 1 nitrogen and oxygen atoms in total. The maximum Gasteiger partial charge on any atom is 0.143 e. The summed E-state index contributed by atoms with van der Waals surface area (Å²) in [5, 5.41) is 4.81. The zero-order chi connectivity index (χ0) is 39.8. The first kappa shape index (κ1) is 35.4. The normalized spacial score (nSPS) is 11.9. The Bertz CT molecular complexity index is 3270. The highest BCUT2D eigenvalue weighted by Crippen LogP contribution is 2.42. The van der Waals surface area contributed by atoms with Gasteiger partial charge in [-0.1, -0.05) is 224 Å². The lowest BCUT2D eigenvalue weighted by molar-refractivity contribution is 0.670. The van der Waals surface area contributed by atoms with Gasteiger partial charge in [0.1, 0.15) is 11.2 Å². The third kappa shape index (κ3) is 6.47. The van der Waals surface area contributed by atoms with Crippen LogP contribution >= 0.6 is 0 Å². The fourth-order valence-corrected chi connectivity index (χ4v) is 9.06. The predicted molar refractivity (Wildman–Crippen MR) is 252 cm³/mol. The molecule has 0 radical (unpaired) electrons. The first-order valence-corrected chi connectivity index (χ1v) is 20.7. The van der Waals surface area contributed by atoms with Crippen LogP contribution in [-0.2, 0) is 0 Å². The van der Waals surface area contributed by atoms with Gasteiger partial charge in [-0.05, 0) is 89.7 Å². The Labute approximate surface area is 350 Å². The van der Waals surface area contributed by atoms with Crippen LogP contribution < -0.4 is 0 Å². The second-order valence-corrected chi connectivity index (χ2v) is 15.6. The Kier molecular flexibility index (Phi) is 8.98. The monoisotopic (exact) mass is 764 g/mol. The van der Waals surface area contributed by atoms with Crippen molar-refractivity contribution in [1.82, 2.24) is 0 Å². The molecule has 1 aromatic heterocycles. The van der Waals surface area contributed by atoms with E-state index in [0.717, 1.165) is 33.1 Å². The van der Waals surface area contributed by atoms with E-state index in [1.807, 2.05) is 12.1 Å². The van der Waals surface area contributed by atoms with Crippen LogP contribution in [0, 0.1) is 0 Å². The molecule has 0 fully saturated rings. The highest BCUT2D eigenvalue weighted by atomic mass is 16.3. The minimum absolute atomic E-state index is 0.0142. The van der Waals surface area contributed by atoms with E-state index in [4.69, 9.17) is 4.42 Å². The van der Waals surface area contributed by atoms with E-state index >= 15 is 0 Å². The van der Waals surface area contributed by atoms with Crippen LogP contribution in [0.1, 0.15) is 22.6 Å². The first-order chi connectivity index (χ1) is 29.7. The third-order valence-electron chi connectivity index (χ3n) is 12.1. The summed E-state index contributed by atoms with van der Waals surface area (Å²) in [5.41, 5.74) is 17.6. The van der Waals surface area contributed by atoms with Gasteiger partial charge < -0.3 is 4.42 Å². The van der Waals surface area contributed by atoms with E-state index in [0.29, 0.717) is 0 Å². The molecule has 0 saturated heterocycles. The van der Waals surface area contributed by atoms with Crippen LogP contribution in [0.15, 0.2) is 241 Å². The number of hydrogen-bond acceptors (Lipinski definition) is 1. The van der Waals surface area contributed by atoms with Crippen molar-refractivity contribution in [2.45, 2.75) is 5.92 Å². The average Bonchev–Trinajstić information content (AvgIpc) is 3.72. The maximum absolute atomic E-state index is 6.43. The molecule has 11 rings (SSSR count).